The highest BCUT2D eigenvalue weighted by molar-refractivity contribution is 8.01. The van der Waals surface area contributed by atoms with E-state index in [1.165, 1.54) is 6.07 Å². The van der Waals surface area contributed by atoms with Gasteiger partial charge in [0, 0.05) is 23.4 Å². The molecule has 0 unspecified atom stereocenters. The van der Waals surface area contributed by atoms with E-state index in [1.54, 1.807) is 32.7 Å². The number of methoxy groups -OCH3 is 1. The van der Waals surface area contributed by atoms with Gasteiger partial charge < -0.3 is 10.1 Å². The van der Waals surface area contributed by atoms with Crippen molar-refractivity contribution in [2.24, 2.45) is 0 Å². The Morgan fingerprint density at radius 2 is 1.82 bits per heavy atom. The summed E-state index contributed by atoms with van der Waals surface area (Å²) in [5, 5.41) is 3.22. The maximum atomic E-state index is 12.6. The van der Waals surface area contributed by atoms with E-state index in [1.807, 2.05) is 24.3 Å². The van der Waals surface area contributed by atoms with Gasteiger partial charge >= 0.3 is 6.18 Å². The topological polar surface area (TPSA) is 51.2 Å². The molecule has 0 saturated heterocycles. The van der Waals surface area contributed by atoms with E-state index in [2.05, 4.69) is 10.3 Å². The van der Waals surface area contributed by atoms with Crippen molar-refractivity contribution in [3.63, 3.8) is 0 Å². The number of hydrogen-bond donors (Lipinski definition) is 1. The minimum Gasteiger partial charge on any atom is -0.497 e. The lowest BCUT2D eigenvalue weighted by Crippen LogP contribution is -2.40. The fourth-order valence-corrected chi connectivity index (χ4v) is 3.83. The normalized spacial score (nSPS) is 11.9. The summed E-state index contributed by atoms with van der Waals surface area (Å²) in [6.07, 6.45) is -3.65. The molecule has 0 fully saturated rings. The third kappa shape index (κ3) is 6.63. The average Bonchev–Trinajstić information content (AvgIpc) is 2.65. The first-order chi connectivity index (χ1) is 13.1. The summed E-state index contributed by atoms with van der Waals surface area (Å²) in [5.74, 6) is 1.28. The van der Waals surface area contributed by atoms with E-state index in [4.69, 9.17) is 4.74 Å². The highest BCUT2D eigenvalue weighted by Crippen LogP contribution is 2.34. The van der Waals surface area contributed by atoms with Gasteiger partial charge in [-0.05, 0) is 50.2 Å². The van der Waals surface area contributed by atoms with Gasteiger partial charge in [-0.15, -0.1) is 11.8 Å². The number of carbonyl (C=O) groups excluding carboxylic acids is 1. The molecule has 0 saturated carbocycles. The smallest absolute Gasteiger partial charge is 0.417 e. The number of nitrogens with zero attached hydrogens (tertiary/aromatic N) is 1. The predicted octanol–water partition coefficient (Wildman–Crippen LogP) is 4.89. The van der Waals surface area contributed by atoms with Gasteiger partial charge in [-0.25, -0.2) is 4.98 Å². The van der Waals surface area contributed by atoms with Crippen LogP contribution in [0.5, 0.6) is 5.75 Å². The number of pyridine rings is 1. The Kier molecular flexibility index (Phi) is 7.65. The first kappa shape index (κ1) is 22.4. The van der Waals surface area contributed by atoms with Crippen LogP contribution in [0.1, 0.15) is 19.4 Å². The van der Waals surface area contributed by atoms with Crippen LogP contribution in [0.2, 0.25) is 0 Å². The number of amides is 1. The van der Waals surface area contributed by atoms with Crippen LogP contribution in [0.3, 0.4) is 0 Å². The number of hydrogen-bond acceptors (Lipinski definition) is 5. The second-order valence-electron chi connectivity index (χ2n) is 6.28. The average molecular weight is 431 g/mol. The van der Waals surface area contributed by atoms with Crippen LogP contribution in [0.15, 0.2) is 52.5 Å². The Morgan fingerprint density at radius 1 is 1.14 bits per heavy atom. The first-order valence-electron chi connectivity index (χ1n) is 8.39. The van der Waals surface area contributed by atoms with Gasteiger partial charge in [0.1, 0.15) is 5.75 Å². The van der Waals surface area contributed by atoms with Crippen molar-refractivity contribution >= 4 is 29.4 Å². The summed E-state index contributed by atoms with van der Waals surface area (Å²) in [5.41, 5.74) is -0.810. The number of carbonyl (C=O) groups is 1. The zero-order valence-corrected chi connectivity index (χ0v) is 17.3. The van der Waals surface area contributed by atoms with E-state index in [9.17, 15) is 18.0 Å². The lowest BCUT2D eigenvalue weighted by Gasteiger charge is -2.22. The summed E-state index contributed by atoms with van der Waals surface area (Å²) in [6.45, 7) is 3.89. The molecule has 1 aromatic heterocycles. The molecule has 1 amide bonds. The van der Waals surface area contributed by atoms with Crippen molar-refractivity contribution < 1.29 is 22.7 Å². The minimum absolute atomic E-state index is 0.200. The Balaban J connectivity index is 1.81. The van der Waals surface area contributed by atoms with Gasteiger partial charge in [-0.2, -0.15) is 13.2 Å². The Hall–Kier alpha value is -1.87. The van der Waals surface area contributed by atoms with Crippen LogP contribution in [0.4, 0.5) is 13.2 Å². The van der Waals surface area contributed by atoms with Gasteiger partial charge in [-0.1, -0.05) is 11.8 Å². The molecule has 152 valence electrons. The maximum Gasteiger partial charge on any atom is 0.417 e. The molecule has 2 aromatic rings. The van der Waals surface area contributed by atoms with Gasteiger partial charge in [0.05, 0.1) is 22.4 Å². The van der Waals surface area contributed by atoms with Crippen LogP contribution in [-0.2, 0) is 11.0 Å². The third-order valence-electron chi connectivity index (χ3n) is 3.69. The largest absolute Gasteiger partial charge is 0.497 e. The van der Waals surface area contributed by atoms with E-state index in [-0.39, 0.29) is 5.91 Å². The summed E-state index contributed by atoms with van der Waals surface area (Å²) < 4.78 is 42.0. The third-order valence-corrected chi connectivity index (χ3v) is 5.85. The number of alkyl halides is 3. The second kappa shape index (κ2) is 9.56. The molecule has 28 heavy (non-hydrogen) atoms. The Morgan fingerprint density at radius 3 is 2.36 bits per heavy atom. The van der Waals surface area contributed by atoms with Crippen molar-refractivity contribution in [2.75, 3.05) is 19.4 Å². The zero-order chi connectivity index (χ0) is 20.8. The number of aromatic nitrogens is 1. The van der Waals surface area contributed by atoms with Crippen molar-refractivity contribution in [2.45, 2.75) is 34.7 Å². The molecule has 0 bridgehead atoms. The molecule has 0 aliphatic heterocycles. The number of rotatable bonds is 8. The van der Waals surface area contributed by atoms with Crippen LogP contribution >= 0.6 is 23.5 Å². The Labute approximate surface area is 170 Å². The van der Waals surface area contributed by atoms with Crippen molar-refractivity contribution in [3.8, 4) is 5.75 Å². The quantitative estimate of drug-likeness (QED) is 0.477. The van der Waals surface area contributed by atoms with E-state index in [0.29, 0.717) is 17.3 Å². The molecule has 0 spiro atoms. The van der Waals surface area contributed by atoms with Crippen LogP contribution < -0.4 is 10.1 Å². The summed E-state index contributed by atoms with van der Waals surface area (Å²) >= 11 is 2.72. The standard InChI is InChI=1S/C19H21F3N2O2S2/c1-18(2,28-16-9-4-13(12-24-16)19(20,21)22)17(25)23-10-11-27-15-7-5-14(26-3)6-8-15/h4-9,12H,10-11H2,1-3H3,(H,23,25). The molecule has 1 aromatic carbocycles. The summed E-state index contributed by atoms with van der Waals surface area (Å²) in [7, 11) is 1.61. The van der Waals surface area contributed by atoms with E-state index < -0.39 is 16.5 Å². The molecule has 4 nitrogen and oxygen atoms in total. The number of benzene rings is 1. The lowest BCUT2D eigenvalue weighted by molar-refractivity contribution is -0.137. The van der Waals surface area contributed by atoms with Gasteiger partial charge in [0.15, 0.2) is 0 Å². The SMILES string of the molecule is COc1ccc(SCCNC(=O)C(C)(C)Sc2ccc(C(F)(F)F)cn2)cc1. The molecule has 1 N–H and O–H groups in total. The van der Waals surface area contributed by atoms with Gasteiger partial charge in [-0.3, -0.25) is 4.79 Å². The van der Waals surface area contributed by atoms with Crippen LogP contribution in [-0.4, -0.2) is 35.0 Å². The van der Waals surface area contributed by atoms with Gasteiger partial charge in [0.25, 0.3) is 0 Å². The molecule has 0 radical (unpaired) electrons. The summed E-state index contributed by atoms with van der Waals surface area (Å²) in [6, 6.07) is 9.88. The maximum absolute atomic E-state index is 12.6. The minimum atomic E-state index is -4.43. The molecule has 9 heteroatoms. The fraction of sp³-hybridized carbons (Fsp3) is 0.368. The number of halogens is 3. The Bertz CT molecular complexity index is 779. The predicted molar refractivity (Wildman–Crippen MR) is 106 cm³/mol. The summed E-state index contributed by atoms with van der Waals surface area (Å²) in [4.78, 5) is 17.3. The number of ether oxygens (including phenoxy) is 1. The molecular formula is C19H21F3N2O2S2. The molecule has 0 aliphatic carbocycles. The lowest BCUT2D eigenvalue weighted by atomic mass is 10.2. The van der Waals surface area contributed by atoms with Crippen LogP contribution in [0, 0.1) is 0 Å². The monoisotopic (exact) mass is 430 g/mol. The number of nitrogens with one attached hydrogen (secondary N) is 1. The van der Waals surface area contributed by atoms with Crippen molar-refractivity contribution in [1.29, 1.82) is 0 Å². The highest BCUT2D eigenvalue weighted by atomic mass is 32.2. The zero-order valence-electron chi connectivity index (χ0n) is 15.7. The molecule has 2 rings (SSSR count). The molecule has 0 atom stereocenters. The van der Waals surface area contributed by atoms with Crippen molar-refractivity contribution in [1.82, 2.24) is 10.3 Å². The number of thioether (sulfide) groups is 2. The molecule has 1 heterocycles. The first-order valence-corrected chi connectivity index (χ1v) is 10.2. The van der Waals surface area contributed by atoms with E-state index in [0.717, 1.165) is 34.7 Å². The van der Waals surface area contributed by atoms with Crippen LogP contribution in [0.25, 0.3) is 0 Å². The van der Waals surface area contributed by atoms with Gasteiger partial charge in [0.2, 0.25) is 5.91 Å². The highest BCUT2D eigenvalue weighted by Gasteiger charge is 2.32. The fourth-order valence-electron chi connectivity index (χ4n) is 2.13. The second-order valence-corrected chi connectivity index (χ2v) is 9.09. The molecular weight excluding hydrogens is 409 g/mol. The van der Waals surface area contributed by atoms with E-state index >= 15 is 0 Å². The van der Waals surface area contributed by atoms with Crippen molar-refractivity contribution in [3.05, 3.63) is 48.2 Å². The molecule has 0 aliphatic rings.